The van der Waals surface area contributed by atoms with Gasteiger partial charge in [0.1, 0.15) is 0 Å². The van der Waals surface area contributed by atoms with Crippen LogP contribution in [0.1, 0.15) is 18.1 Å². The van der Waals surface area contributed by atoms with Crippen molar-refractivity contribution in [3.63, 3.8) is 0 Å². The van der Waals surface area contributed by atoms with Crippen LogP contribution in [0.2, 0.25) is 0 Å². The minimum atomic E-state index is -0.592. The molecule has 29 heavy (non-hydrogen) atoms. The van der Waals surface area contributed by atoms with Crippen LogP contribution in [0.4, 0.5) is 11.5 Å². The number of rotatable bonds is 8. The molecule has 152 valence electrons. The fourth-order valence-corrected chi connectivity index (χ4v) is 3.27. The normalized spacial score (nSPS) is 10.0. The van der Waals surface area contributed by atoms with Crippen LogP contribution >= 0.6 is 0 Å². The quantitative estimate of drug-likeness (QED) is 0.344. The average molecular weight is 462 g/mol. The predicted octanol–water partition coefficient (Wildman–Crippen LogP) is 0.717. The van der Waals surface area contributed by atoms with Crippen molar-refractivity contribution in [2.45, 2.75) is 13.3 Å². The van der Waals surface area contributed by atoms with Crippen molar-refractivity contribution in [3.8, 4) is 23.4 Å². The first-order valence-electron chi connectivity index (χ1n) is 8.37. The second-order valence-corrected chi connectivity index (χ2v) is 6.94. The van der Waals surface area contributed by atoms with Gasteiger partial charge in [-0.25, -0.2) is 0 Å². The second kappa shape index (κ2) is 9.75. The number of nitrogens with one attached hydrogen (secondary N) is 1. The van der Waals surface area contributed by atoms with Crippen LogP contribution in [0.3, 0.4) is 0 Å². The molecule has 11 heteroatoms. The van der Waals surface area contributed by atoms with E-state index in [1.165, 1.54) is 43.2 Å². The van der Waals surface area contributed by atoms with Crippen molar-refractivity contribution in [2.75, 3.05) is 26.1 Å². The van der Waals surface area contributed by atoms with E-state index in [2.05, 4.69) is 10.3 Å². The number of amides is 1. The van der Waals surface area contributed by atoms with Crippen molar-refractivity contribution in [3.05, 3.63) is 39.4 Å². The van der Waals surface area contributed by atoms with Gasteiger partial charge >= 0.3 is 175 Å². The molecule has 2 aromatic rings. The molecule has 1 atom stereocenters. The maximum atomic E-state index is 12.5. The first-order chi connectivity index (χ1) is 13.8. The summed E-state index contributed by atoms with van der Waals surface area (Å²) in [5.41, 5.74) is 0.472. The van der Waals surface area contributed by atoms with Crippen molar-refractivity contribution in [1.29, 1.82) is 5.26 Å². The van der Waals surface area contributed by atoms with E-state index in [1.54, 1.807) is 13.0 Å². The Morgan fingerprint density at radius 1 is 1.31 bits per heavy atom. The number of nitro groups is 1. The average Bonchev–Trinajstić information content (AvgIpc) is 2.67. The summed E-state index contributed by atoms with van der Waals surface area (Å²) in [4.78, 5) is 27.2. The third-order valence-electron chi connectivity index (χ3n) is 3.81. The molecule has 2 rings (SSSR count). The topological polar surface area (TPSA) is 137 Å². The van der Waals surface area contributed by atoms with E-state index in [1.807, 2.05) is 6.07 Å². The minimum absolute atomic E-state index is 0.0206. The summed E-state index contributed by atoms with van der Waals surface area (Å²) in [5, 5.41) is 23.0. The van der Waals surface area contributed by atoms with Crippen LogP contribution < -0.4 is 23.9 Å². The Hall–Kier alpha value is -3.31. The van der Waals surface area contributed by atoms with Gasteiger partial charge in [0.25, 0.3) is 0 Å². The molecule has 0 bridgehead atoms. The van der Waals surface area contributed by atoms with E-state index in [0.29, 0.717) is 22.1 Å². The molecule has 1 amide bonds. The molecule has 0 aliphatic rings. The summed E-state index contributed by atoms with van der Waals surface area (Å²) in [6.45, 7) is 2.09. The second-order valence-electron chi connectivity index (χ2n) is 5.64. The van der Waals surface area contributed by atoms with Crippen molar-refractivity contribution < 1.29 is 23.9 Å². The summed E-state index contributed by atoms with van der Waals surface area (Å²) in [5.74, 6) is 0.180. The molecule has 0 radical (unpaired) electrons. The Morgan fingerprint density at radius 2 is 2.00 bits per heavy atom. The first-order valence-corrected chi connectivity index (χ1v) is 9.58. The number of anilines is 1. The van der Waals surface area contributed by atoms with E-state index in [9.17, 15) is 20.2 Å². The van der Waals surface area contributed by atoms with Crippen LogP contribution in [0.25, 0.3) is 0 Å². The third-order valence-corrected chi connectivity index (χ3v) is 4.76. The standard InChI is InChI=1S/C18H19AsN4O6/c1-4-29-18-11(9-20)12(19)7-16(22-18)21-17(24)6-10-5-15(28-3)13(23(25)26)8-14(10)27-2/h5,7-8H,4,6,19H2,1-3H3,(H,21,22,24). The number of aromatic nitrogens is 1. The van der Waals surface area contributed by atoms with Crippen LogP contribution in [0.5, 0.6) is 17.4 Å². The molecule has 0 spiro atoms. The zero-order chi connectivity index (χ0) is 21.6. The predicted molar refractivity (Wildman–Crippen MR) is 107 cm³/mol. The Labute approximate surface area is 175 Å². The van der Waals surface area contributed by atoms with Gasteiger partial charge < -0.3 is 0 Å². The van der Waals surface area contributed by atoms with Crippen molar-refractivity contribution >= 4 is 38.6 Å². The van der Waals surface area contributed by atoms with Gasteiger partial charge in [0.05, 0.1) is 0 Å². The van der Waals surface area contributed by atoms with Crippen molar-refractivity contribution in [1.82, 2.24) is 4.98 Å². The summed E-state index contributed by atoms with van der Waals surface area (Å²) in [6, 6.07) is 6.23. The molecule has 10 nitrogen and oxygen atoms in total. The van der Waals surface area contributed by atoms with Gasteiger partial charge in [-0.1, -0.05) is 0 Å². The molecule has 1 aromatic carbocycles. The molecule has 0 fully saturated rings. The molecule has 0 saturated heterocycles. The van der Waals surface area contributed by atoms with Gasteiger partial charge in [0, 0.05) is 0 Å². The number of nitrogens with zero attached hydrogens (tertiary/aromatic N) is 3. The van der Waals surface area contributed by atoms with Crippen molar-refractivity contribution in [2.24, 2.45) is 0 Å². The number of hydrogen-bond acceptors (Lipinski definition) is 8. The van der Waals surface area contributed by atoms with Gasteiger partial charge in [-0.3, -0.25) is 0 Å². The zero-order valence-electron chi connectivity index (χ0n) is 16.0. The number of carbonyl (C=O) groups excluding carboxylic acids is 1. The fourth-order valence-electron chi connectivity index (χ4n) is 2.54. The molecule has 1 N–H and O–H groups in total. The number of methoxy groups -OCH3 is 2. The van der Waals surface area contributed by atoms with E-state index < -0.39 is 10.8 Å². The van der Waals surface area contributed by atoms with Crippen LogP contribution in [-0.4, -0.2) is 53.5 Å². The molecule has 1 unspecified atom stereocenters. The van der Waals surface area contributed by atoms with E-state index in [4.69, 9.17) is 14.2 Å². The maximum absolute atomic E-state index is 12.5. The van der Waals surface area contributed by atoms with E-state index >= 15 is 0 Å². The fraction of sp³-hybridized carbons (Fsp3) is 0.278. The van der Waals surface area contributed by atoms with Crippen LogP contribution in [-0.2, 0) is 11.2 Å². The molecule has 1 heterocycles. The van der Waals surface area contributed by atoms with E-state index in [0.717, 1.165) is 0 Å². The summed E-state index contributed by atoms with van der Waals surface area (Å²) in [7, 11) is 2.66. The number of benzene rings is 1. The van der Waals surface area contributed by atoms with E-state index in [-0.39, 0.29) is 35.3 Å². The Balaban J connectivity index is 2.30. The molecular weight excluding hydrogens is 443 g/mol. The van der Waals surface area contributed by atoms with Gasteiger partial charge in [-0.05, 0) is 0 Å². The van der Waals surface area contributed by atoms with Gasteiger partial charge in [-0.2, -0.15) is 0 Å². The number of pyridine rings is 1. The number of hydrogen-bond donors (Lipinski definition) is 1. The van der Waals surface area contributed by atoms with Crippen LogP contribution in [0, 0.1) is 21.4 Å². The molecule has 1 aromatic heterocycles. The molecular formula is C18H19AsN4O6. The summed E-state index contributed by atoms with van der Waals surface area (Å²) in [6.07, 6.45) is -0.132. The van der Waals surface area contributed by atoms with Gasteiger partial charge in [0.15, 0.2) is 0 Å². The summed E-state index contributed by atoms with van der Waals surface area (Å²) < 4.78 is 16.3. The number of nitriles is 1. The Kier molecular flexibility index (Phi) is 7.39. The molecule has 0 aliphatic heterocycles. The number of ether oxygens (including phenoxy) is 3. The SMILES string of the molecule is CCOc1nc(NC(=O)Cc2cc(OC)c([N+](=O)[O-])cc2OC)cc([AsH2])c1C#N. The van der Waals surface area contributed by atoms with Crippen LogP contribution in [0.15, 0.2) is 18.2 Å². The number of carbonyl (C=O) groups is 1. The zero-order valence-corrected chi connectivity index (χ0v) is 18.4. The van der Waals surface area contributed by atoms with Gasteiger partial charge in [0.2, 0.25) is 0 Å². The summed E-state index contributed by atoms with van der Waals surface area (Å²) >= 11 is 1.20. The van der Waals surface area contributed by atoms with Gasteiger partial charge in [-0.15, -0.1) is 0 Å². The number of nitro benzene ring substituents is 1. The Morgan fingerprint density at radius 3 is 2.55 bits per heavy atom. The molecule has 0 aliphatic carbocycles. The first kappa shape index (κ1) is 22.0. The third kappa shape index (κ3) is 5.15. The molecule has 0 saturated carbocycles. The monoisotopic (exact) mass is 462 g/mol. The Bertz CT molecular complexity index is 989.